The topological polar surface area (TPSA) is 41.6 Å². The molecule has 2 aromatic rings. The maximum atomic E-state index is 12.8. The van der Waals surface area contributed by atoms with Crippen molar-refractivity contribution in [3.63, 3.8) is 0 Å². The van der Waals surface area contributed by atoms with Crippen molar-refractivity contribution in [3.05, 3.63) is 59.2 Å². The number of hydrogen-bond donors (Lipinski definition) is 1. The molecule has 2 aromatic carbocycles. The minimum Gasteiger partial charge on any atom is -0.342 e. The molecule has 0 aromatic heterocycles. The van der Waals surface area contributed by atoms with Gasteiger partial charge in [0.25, 0.3) is 0 Å². The standard InChI is InChI=1S/C24H29N2O2P/c1-17-3-5-18(6-4-17)16-29(28-2)25-21-10-11-22-19(15-21)7-12-23(27)26(22)24(13-14-24)20-8-9-20/h3-6,10-11,15,20,25H,7-9,12-14,16H2,1-2H3. The van der Waals surface area contributed by atoms with Crippen LogP contribution in [-0.4, -0.2) is 18.6 Å². The lowest BCUT2D eigenvalue weighted by Crippen LogP contribution is -2.46. The van der Waals surface area contributed by atoms with E-state index in [1.165, 1.54) is 42.4 Å². The zero-order valence-corrected chi connectivity index (χ0v) is 18.2. The van der Waals surface area contributed by atoms with Crippen molar-refractivity contribution in [2.45, 2.75) is 57.1 Å². The number of hydrogen-bond acceptors (Lipinski definition) is 3. The number of nitrogens with one attached hydrogen (secondary N) is 1. The zero-order chi connectivity index (χ0) is 20.0. The van der Waals surface area contributed by atoms with Crippen LogP contribution >= 0.6 is 8.30 Å². The average molecular weight is 408 g/mol. The number of carbonyl (C=O) groups is 1. The van der Waals surface area contributed by atoms with Crippen molar-refractivity contribution in [2.75, 3.05) is 17.1 Å². The molecule has 152 valence electrons. The van der Waals surface area contributed by atoms with Crippen molar-refractivity contribution in [1.29, 1.82) is 0 Å². The predicted octanol–water partition coefficient (Wildman–Crippen LogP) is 5.79. The molecular formula is C24H29N2O2P. The molecule has 1 atom stereocenters. The van der Waals surface area contributed by atoms with Gasteiger partial charge in [0.1, 0.15) is 8.30 Å². The first-order valence-electron chi connectivity index (χ1n) is 10.7. The third-order valence-electron chi connectivity index (χ3n) is 6.64. The van der Waals surface area contributed by atoms with Crippen molar-refractivity contribution < 1.29 is 9.32 Å². The second kappa shape index (κ2) is 7.41. The first-order valence-corrected chi connectivity index (χ1v) is 12.1. The number of carbonyl (C=O) groups excluding carboxylic acids is 1. The lowest BCUT2D eigenvalue weighted by molar-refractivity contribution is -0.119. The summed E-state index contributed by atoms with van der Waals surface area (Å²) in [7, 11) is 0.981. The van der Waals surface area contributed by atoms with Crippen LogP contribution in [0.15, 0.2) is 42.5 Å². The van der Waals surface area contributed by atoms with Crippen LogP contribution in [0.4, 0.5) is 11.4 Å². The molecule has 29 heavy (non-hydrogen) atoms. The fourth-order valence-corrected chi connectivity index (χ4v) is 6.03. The Balaban J connectivity index is 1.34. The van der Waals surface area contributed by atoms with E-state index in [4.69, 9.17) is 4.52 Å². The van der Waals surface area contributed by atoms with E-state index < -0.39 is 8.30 Å². The minimum atomic E-state index is -0.795. The molecule has 2 aliphatic carbocycles. The summed E-state index contributed by atoms with van der Waals surface area (Å²) in [4.78, 5) is 15.0. The number of amides is 1. The van der Waals surface area contributed by atoms with Gasteiger partial charge in [-0.25, -0.2) is 0 Å². The Labute approximate surface area is 174 Å². The summed E-state index contributed by atoms with van der Waals surface area (Å²) < 4.78 is 5.76. The Morgan fingerprint density at radius 1 is 1.14 bits per heavy atom. The molecule has 0 spiro atoms. The van der Waals surface area contributed by atoms with E-state index in [0.29, 0.717) is 12.3 Å². The molecule has 5 heteroatoms. The van der Waals surface area contributed by atoms with Gasteiger partial charge in [0.2, 0.25) is 5.91 Å². The highest BCUT2D eigenvalue weighted by molar-refractivity contribution is 7.53. The molecule has 0 saturated heterocycles. The number of fused-ring (bicyclic) bond motifs is 1. The quantitative estimate of drug-likeness (QED) is 0.590. The summed E-state index contributed by atoms with van der Waals surface area (Å²) in [6.45, 7) is 2.11. The van der Waals surface area contributed by atoms with Crippen LogP contribution < -0.4 is 9.99 Å². The average Bonchev–Trinajstić information content (AvgIpc) is 3.62. The second-order valence-electron chi connectivity index (χ2n) is 8.77. The number of benzene rings is 2. The van der Waals surface area contributed by atoms with Crippen LogP contribution in [0.5, 0.6) is 0 Å². The summed E-state index contributed by atoms with van der Waals surface area (Å²) in [6.07, 6.45) is 7.27. The van der Waals surface area contributed by atoms with E-state index in [-0.39, 0.29) is 5.54 Å². The third kappa shape index (κ3) is 3.69. The molecule has 5 rings (SSSR count). The number of nitrogens with zero attached hydrogens (tertiary/aromatic N) is 1. The monoisotopic (exact) mass is 408 g/mol. The highest BCUT2D eigenvalue weighted by Crippen LogP contribution is 2.59. The van der Waals surface area contributed by atoms with Crippen molar-refractivity contribution in [2.24, 2.45) is 5.92 Å². The lowest BCUT2D eigenvalue weighted by atomic mass is 9.96. The van der Waals surface area contributed by atoms with Gasteiger partial charge in [0.15, 0.2) is 0 Å². The van der Waals surface area contributed by atoms with E-state index in [1.807, 2.05) is 0 Å². The fraction of sp³-hybridized carbons (Fsp3) is 0.458. The summed E-state index contributed by atoms with van der Waals surface area (Å²) in [6, 6.07) is 15.2. The highest BCUT2D eigenvalue weighted by Gasteiger charge is 2.60. The molecule has 1 aliphatic heterocycles. The molecule has 4 nitrogen and oxygen atoms in total. The summed E-state index contributed by atoms with van der Waals surface area (Å²) >= 11 is 0. The summed E-state index contributed by atoms with van der Waals surface area (Å²) in [5.41, 5.74) is 6.24. The lowest BCUT2D eigenvalue weighted by Gasteiger charge is -2.37. The Morgan fingerprint density at radius 3 is 2.55 bits per heavy atom. The summed E-state index contributed by atoms with van der Waals surface area (Å²) in [5, 5.41) is 3.60. The van der Waals surface area contributed by atoms with Crippen LogP contribution in [-0.2, 0) is 21.9 Å². The Morgan fingerprint density at radius 2 is 1.90 bits per heavy atom. The number of aryl methyl sites for hydroxylation is 2. The van der Waals surface area contributed by atoms with Gasteiger partial charge in [-0.1, -0.05) is 29.8 Å². The molecular weight excluding hydrogens is 379 g/mol. The van der Waals surface area contributed by atoms with Crippen LogP contribution in [0.25, 0.3) is 0 Å². The van der Waals surface area contributed by atoms with Gasteiger partial charge < -0.3 is 14.5 Å². The largest absolute Gasteiger partial charge is 0.342 e. The Hall–Kier alpha value is -1.90. The molecule has 0 radical (unpaired) electrons. The van der Waals surface area contributed by atoms with Crippen molar-refractivity contribution in [1.82, 2.24) is 0 Å². The highest BCUT2D eigenvalue weighted by atomic mass is 31.2. The Kier molecular flexibility index (Phi) is 4.88. The van der Waals surface area contributed by atoms with Gasteiger partial charge in [-0.3, -0.25) is 4.79 Å². The molecule has 3 aliphatic rings. The number of rotatable bonds is 7. The minimum absolute atomic E-state index is 0.145. The Bertz CT molecular complexity index is 919. The van der Waals surface area contributed by atoms with E-state index in [1.54, 1.807) is 7.11 Å². The predicted molar refractivity (Wildman–Crippen MR) is 119 cm³/mol. The van der Waals surface area contributed by atoms with E-state index in [9.17, 15) is 4.79 Å². The van der Waals surface area contributed by atoms with Crippen LogP contribution in [0.2, 0.25) is 0 Å². The maximum absolute atomic E-state index is 12.8. The molecule has 1 unspecified atom stereocenters. The smallest absolute Gasteiger partial charge is 0.227 e. The fourth-order valence-electron chi connectivity index (χ4n) is 4.77. The van der Waals surface area contributed by atoms with E-state index in [0.717, 1.165) is 29.9 Å². The molecule has 1 heterocycles. The van der Waals surface area contributed by atoms with Gasteiger partial charge in [-0.15, -0.1) is 0 Å². The van der Waals surface area contributed by atoms with Gasteiger partial charge in [-0.2, -0.15) is 0 Å². The first kappa shape index (κ1) is 19.1. The molecule has 1 amide bonds. The third-order valence-corrected chi connectivity index (χ3v) is 8.24. The maximum Gasteiger partial charge on any atom is 0.227 e. The second-order valence-corrected chi connectivity index (χ2v) is 10.4. The van der Waals surface area contributed by atoms with Gasteiger partial charge in [0, 0.05) is 31.1 Å². The van der Waals surface area contributed by atoms with E-state index >= 15 is 0 Å². The normalized spacial score (nSPS) is 20.9. The molecule has 0 bridgehead atoms. The van der Waals surface area contributed by atoms with Gasteiger partial charge in [0.05, 0.1) is 5.54 Å². The van der Waals surface area contributed by atoms with Gasteiger partial charge >= 0.3 is 0 Å². The zero-order valence-electron chi connectivity index (χ0n) is 17.3. The molecule has 2 saturated carbocycles. The van der Waals surface area contributed by atoms with Crippen molar-refractivity contribution >= 4 is 25.6 Å². The van der Waals surface area contributed by atoms with E-state index in [2.05, 4.69) is 59.4 Å². The van der Waals surface area contributed by atoms with Gasteiger partial charge in [-0.05, 0) is 74.3 Å². The van der Waals surface area contributed by atoms with Crippen LogP contribution in [0.1, 0.15) is 48.8 Å². The SMILES string of the molecule is COP(Cc1ccc(C)cc1)Nc1ccc2c(c1)CCC(=O)N2C1(C2CC2)CC1. The number of anilines is 2. The van der Waals surface area contributed by atoms with Crippen LogP contribution in [0, 0.1) is 12.8 Å². The molecule has 1 N–H and O–H groups in total. The molecule has 2 fully saturated rings. The summed E-state index contributed by atoms with van der Waals surface area (Å²) in [5.74, 6) is 1.05. The van der Waals surface area contributed by atoms with Crippen LogP contribution in [0.3, 0.4) is 0 Å². The van der Waals surface area contributed by atoms with Crippen molar-refractivity contribution in [3.8, 4) is 0 Å². The first-order chi connectivity index (χ1) is 14.1.